The van der Waals surface area contributed by atoms with Crippen LogP contribution in [-0.2, 0) is 0 Å². The van der Waals surface area contributed by atoms with Gasteiger partial charge in [-0.2, -0.15) is 0 Å². The van der Waals surface area contributed by atoms with Crippen molar-refractivity contribution >= 4 is 11.1 Å². The van der Waals surface area contributed by atoms with Crippen LogP contribution in [0.1, 0.15) is 18.4 Å². The van der Waals surface area contributed by atoms with Crippen LogP contribution in [0.25, 0.3) is 11.1 Å². The van der Waals surface area contributed by atoms with Gasteiger partial charge in [0, 0.05) is 11.8 Å². The summed E-state index contributed by atoms with van der Waals surface area (Å²) in [5, 5.41) is 2.66. The second-order valence-corrected chi connectivity index (χ2v) is 8.83. The van der Waals surface area contributed by atoms with E-state index in [9.17, 15) is 0 Å². The summed E-state index contributed by atoms with van der Waals surface area (Å²) in [6.07, 6.45) is 17.5. The Morgan fingerprint density at radius 3 is 1.82 bits per heavy atom. The number of fused-ring (bicyclic) bond motifs is 2. The smallest absolute Gasteiger partial charge is 0.0137 e. The molecule has 0 fully saturated rings. The molecule has 2 aromatic rings. The van der Waals surface area contributed by atoms with E-state index in [1.807, 2.05) is 12.2 Å². The summed E-state index contributed by atoms with van der Waals surface area (Å²) in [6.45, 7) is 8.25. The SMILES string of the molecule is C=CC1=CCCC(C2=c3ccccc3=C(c3ccccccccc3)C3C=CC=CC23)=C1C=C. The highest BCUT2D eigenvalue weighted by Gasteiger charge is 2.33. The maximum Gasteiger partial charge on any atom is 0.0137 e. The van der Waals surface area contributed by atoms with Gasteiger partial charge in [-0.1, -0.05) is 135 Å². The monoisotopic (exact) mass is 438 g/mol. The van der Waals surface area contributed by atoms with Gasteiger partial charge in [0.05, 0.1) is 0 Å². The van der Waals surface area contributed by atoms with Crippen molar-refractivity contribution in [3.63, 3.8) is 0 Å². The average Bonchev–Trinajstić information content (AvgIpc) is 2.89. The fourth-order valence-electron chi connectivity index (χ4n) is 5.56. The Labute approximate surface area is 203 Å². The normalized spacial score (nSPS) is 20.6. The minimum atomic E-state index is 0.276. The lowest BCUT2D eigenvalue weighted by Crippen LogP contribution is -2.40. The van der Waals surface area contributed by atoms with Gasteiger partial charge in [-0.05, 0) is 56.7 Å². The number of hydrogen-bond donors (Lipinski definition) is 0. The van der Waals surface area contributed by atoms with Gasteiger partial charge in [0.2, 0.25) is 0 Å². The molecule has 2 unspecified atom stereocenters. The van der Waals surface area contributed by atoms with Crippen molar-refractivity contribution in [1.29, 1.82) is 0 Å². The molecular weight excluding hydrogens is 408 g/mol. The first kappa shape index (κ1) is 21.9. The lowest BCUT2D eigenvalue weighted by molar-refractivity contribution is 0.678. The minimum absolute atomic E-state index is 0.276. The molecule has 2 atom stereocenters. The third-order valence-electron chi connectivity index (χ3n) is 6.98. The predicted octanol–water partition coefficient (Wildman–Crippen LogP) is 6.92. The highest BCUT2D eigenvalue weighted by Crippen LogP contribution is 2.43. The zero-order chi connectivity index (χ0) is 23.3. The summed E-state index contributed by atoms with van der Waals surface area (Å²) in [7, 11) is 0. The number of rotatable bonds is 4. The molecule has 3 aliphatic rings. The quantitative estimate of drug-likeness (QED) is 0.486. The van der Waals surface area contributed by atoms with E-state index in [1.54, 1.807) is 0 Å². The molecule has 5 rings (SSSR count). The maximum absolute atomic E-state index is 4.18. The molecule has 0 nitrogen and oxygen atoms in total. The van der Waals surface area contributed by atoms with Crippen LogP contribution in [0.15, 0.2) is 151 Å². The van der Waals surface area contributed by atoms with Gasteiger partial charge in [0.15, 0.2) is 0 Å². The van der Waals surface area contributed by atoms with E-state index in [-0.39, 0.29) is 11.8 Å². The lowest BCUT2D eigenvalue weighted by atomic mass is 9.68. The van der Waals surface area contributed by atoms with Gasteiger partial charge in [-0.3, -0.25) is 0 Å². The van der Waals surface area contributed by atoms with Crippen LogP contribution >= 0.6 is 0 Å². The van der Waals surface area contributed by atoms with Gasteiger partial charge in [0.25, 0.3) is 0 Å². The van der Waals surface area contributed by atoms with Crippen molar-refractivity contribution in [1.82, 2.24) is 0 Å². The average molecular weight is 439 g/mol. The molecule has 0 bridgehead atoms. The number of benzene rings is 1. The van der Waals surface area contributed by atoms with Crippen LogP contribution in [0, 0.1) is 11.8 Å². The van der Waals surface area contributed by atoms with Crippen LogP contribution in [0.3, 0.4) is 0 Å². The Morgan fingerprint density at radius 2 is 1.21 bits per heavy atom. The Balaban J connectivity index is 1.91. The lowest BCUT2D eigenvalue weighted by Gasteiger charge is -2.35. The number of allylic oxidation sites excluding steroid dienone is 10. The summed E-state index contributed by atoms with van der Waals surface area (Å²) in [5.74, 6) is 0.562. The third kappa shape index (κ3) is 3.97. The highest BCUT2D eigenvalue weighted by molar-refractivity contribution is 5.82. The molecular formula is C34H30. The summed E-state index contributed by atoms with van der Waals surface area (Å²) in [5.41, 5.74) is 7.93. The predicted molar refractivity (Wildman–Crippen MR) is 146 cm³/mol. The van der Waals surface area contributed by atoms with E-state index in [4.69, 9.17) is 0 Å². The molecule has 34 heavy (non-hydrogen) atoms. The van der Waals surface area contributed by atoms with Gasteiger partial charge < -0.3 is 0 Å². The first-order valence-electron chi connectivity index (χ1n) is 12.1. The Bertz CT molecular complexity index is 1410. The van der Waals surface area contributed by atoms with Gasteiger partial charge >= 0.3 is 0 Å². The van der Waals surface area contributed by atoms with Gasteiger partial charge in [0.1, 0.15) is 0 Å². The molecule has 0 radical (unpaired) electrons. The van der Waals surface area contributed by atoms with Crippen molar-refractivity contribution < 1.29 is 0 Å². The van der Waals surface area contributed by atoms with Gasteiger partial charge in [-0.25, -0.2) is 0 Å². The summed E-state index contributed by atoms with van der Waals surface area (Å²) in [4.78, 5) is 0. The maximum atomic E-state index is 4.18. The second-order valence-electron chi connectivity index (χ2n) is 8.83. The van der Waals surface area contributed by atoms with Gasteiger partial charge in [-0.15, -0.1) is 0 Å². The summed E-state index contributed by atoms with van der Waals surface area (Å²) >= 11 is 0. The minimum Gasteiger partial charge on any atom is -0.0985 e. The molecule has 0 amide bonds. The Hall–Kier alpha value is -3.90. The zero-order valence-corrected chi connectivity index (χ0v) is 19.5. The molecule has 0 aromatic heterocycles. The second kappa shape index (κ2) is 9.93. The molecule has 2 aromatic carbocycles. The fourth-order valence-corrected chi connectivity index (χ4v) is 5.56. The molecule has 0 aliphatic heterocycles. The van der Waals surface area contributed by atoms with Crippen LogP contribution in [0.2, 0.25) is 0 Å². The van der Waals surface area contributed by atoms with E-state index in [0.717, 1.165) is 12.8 Å². The standard InChI is InChI=1S/C34H30/c1-3-25-19-16-24-28(27(25)4-2)34-31-22-14-12-20-29(31)33(30-21-13-15-23-32(30)34)26-17-10-8-6-5-7-9-11-18-26/h3-15,17-23,29,31H,1-2,16,24H2. The van der Waals surface area contributed by atoms with Crippen LogP contribution in [0.4, 0.5) is 0 Å². The third-order valence-corrected chi connectivity index (χ3v) is 6.98. The largest absolute Gasteiger partial charge is 0.0985 e. The van der Waals surface area contributed by atoms with Crippen LogP contribution in [-0.4, -0.2) is 0 Å². The molecule has 0 N–H and O–H groups in total. The molecule has 166 valence electrons. The van der Waals surface area contributed by atoms with E-state index < -0.39 is 0 Å². The Kier molecular flexibility index (Phi) is 6.40. The molecule has 3 aliphatic carbocycles. The first-order valence-corrected chi connectivity index (χ1v) is 12.1. The highest BCUT2D eigenvalue weighted by atomic mass is 14.4. The number of hydrogen-bond acceptors (Lipinski definition) is 0. The van der Waals surface area contributed by atoms with E-state index in [2.05, 4.69) is 122 Å². The van der Waals surface area contributed by atoms with Crippen molar-refractivity contribution in [3.05, 3.63) is 167 Å². The van der Waals surface area contributed by atoms with Crippen LogP contribution < -0.4 is 10.4 Å². The van der Waals surface area contributed by atoms with E-state index >= 15 is 0 Å². The first-order chi connectivity index (χ1) is 16.8. The van der Waals surface area contributed by atoms with Crippen molar-refractivity contribution in [3.8, 4) is 0 Å². The topological polar surface area (TPSA) is 0 Å². The van der Waals surface area contributed by atoms with Crippen LogP contribution in [0.5, 0.6) is 0 Å². The van der Waals surface area contributed by atoms with Crippen molar-refractivity contribution in [2.45, 2.75) is 12.8 Å². The van der Waals surface area contributed by atoms with Crippen molar-refractivity contribution in [2.24, 2.45) is 11.8 Å². The molecule has 0 spiro atoms. The summed E-state index contributed by atoms with van der Waals surface area (Å²) in [6, 6.07) is 28.1. The van der Waals surface area contributed by atoms with Crippen molar-refractivity contribution in [2.75, 3.05) is 0 Å². The Morgan fingerprint density at radius 1 is 0.647 bits per heavy atom. The zero-order valence-electron chi connectivity index (χ0n) is 19.5. The van der Waals surface area contributed by atoms with E-state index in [1.165, 1.54) is 43.9 Å². The van der Waals surface area contributed by atoms with E-state index in [0.29, 0.717) is 0 Å². The molecule has 0 saturated heterocycles. The summed E-state index contributed by atoms with van der Waals surface area (Å²) < 4.78 is 0. The molecule has 0 heterocycles. The fraction of sp³-hybridized carbons (Fsp3) is 0.118. The molecule has 0 saturated carbocycles. The molecule has 0 heteroatoms.